The van der Waals surface area contributed by atoms with Gasteiger partial charge in [0.15, 0.2) is 0 Å². The molecule has 0 bridgehead atoms. The lowest BCUT2D eigenvalue weighted by molar-refractivity contribution is -0.116. The zero-order valence-corrected chi connectivity index (χ0v) is 16.7. The van der Waals surface area contributed by atoms with Crippen molar-refractivity contribution in [3.05, 3.63) is 40.3 Å². The van der Waals surface area contributed by atoms with Gasteiger partial charge < -0.3 is 25.3 Å². The molecule has 3 N–H and O–H groups in total. The van der Waals surface area contributed by atoms with Crippen LogP contribution in [0.1, 0.15) is 38.4 Å². The lowest BCUT2D eigenvalue weighted by atomic mass is 10.1. The van der Waals surface area contributed by atoms with Crippen molar-refractivity contribution in [2.24, 2.45) is 0 Å². The van der Waals surface area contributed by atoms with Crippen molar-refractivity contribution in [3.63, 3.8) is 0 Å². The average Bonchev–Trinajstić information content (AvgIpc) is 3.01. The SMILES string of the molecule is COC(=O)c1sc(NC(=O)CCCOc2ccccc2N)c(C(=O)OC)c1C. The number of carbonyl (C=O) groups excluding carboxylic acids is 3. The van der Waals surface area contributed by atoms with E-state index in [-0.39, 0.29) is 27.8 Å². The molecule has 1 heterocycles. The summed E-state index contributed by atoms with van der Waals surface area (Å²) in [6.45, 7) is 1.91. The number of nitrogens with two attached hydrogens (primary N) is 1. The monoisotopic (exact) mass is 406 g/mol. The largest absolute Gasteiger partial charge is 0.491 e. The molecule has 8 nitrogen and oxygen atoms in total. The second-order valence-corrected chi connectivity index (χ2v) is 6.80. The number of para-hydroxylation sites is 2. The maximum atomic E-state index is 12.3. The molecule has 0 aliphatic carbocycles. The third-order valence-corrected chi connectivity index (χ3v) is 5.07. The highest BCUT2D eigenvalue weighted by atomic mass is 32.1. The minimum atomic E-state index is -0.637. The maximum absolute atomic E-state index is 12.3. The van der Waals surface area contributed by atoms with Gasteiger partial charge in [-0.05, 0) is 31.0 Å². The predicted molar refractivity (Wildman–Crippen MR) is 106 cm³/mol. The number of benzene rings is 1. The molecule has 1 amide bonds. The van der Waals surface area contributed by atoms with Gasteiger partial charge in [-0.15, -0.1) is 11.3 Å². The van der Waals surface area contributed by atoms with Gasteiger partial charge in [-0.3, -0.25) is 4.79 Å². The van der Waals surface area contributed by atoms with Gasteiger partial charge in [0, 0.05) is 6.42 Å². The van der Waals surface area contributed by atoms with Crippen LogP contribution in [0.5, 0.6) is 5.75 Å². The zero-order chi connectivity index (χ0) is 20.7. The molecule has 0 radical (unpaired) electrons. The number of ether oxygens (including phenoxy) is 3. The molecule has 1 aromatic heterocycles. The molecular formula is C19H22N2O6S. The number of carbonyl (C=O) groups is 3. The van der Waals surface area contributed by atoms with Crippen molar-refractivity contribution < 1.29 is 28.6 Å². The van der Waals surface area contributed by atoms with Crippen LogP contribution in [0.4, 0.5) is 10.7 Å². The molecule has 2 aromatic rings. The van der Waals surface area contributed by atoms with Crippen LogP contribution in [0.2, 0.25) is 0 Å². The Bertz CT molecular complexity index is 877. The van der Waals surface area contributed by atoms with Gasteiger partial charge >= 0.3 is 11.9 Å². The molecule has 0 atom stereocenters. The van der Waals surface area contributed by atoms with Gasteiger partial charge in [-0.2, -0.15) is 0 Å². The summed E-state index contributed by atoms with van der Waals surface area (Å²) < 4.78 is 15.0. The van der Waals surface area contributed by atoms with Gasteiger partial charge in [-0.1, -0.05) is 12.1 Å². The quantitative estimate of drug-likeness (QED) is 0.393. The number of anilines is 2. The van der Waals surface area contributed by atoms with E-state index in [9.17, 15) is 14.4 Å². The van der Waals surface area contributed by atoms with Crippen LogP contribution in [0, 0.1) is 6.92 Å². The molecule has 0 spiro atoms. The second-order valence-electron chi connectivity index (χ2n) is 5.78. The van der Waals surface area contributed by atoms with Crippen molar-refractivity contribution in [2.45, 2.75) is 19.8 Å². The first-order valence-corrected chi connectivity index (χ1v) is 9.27. The summed E-state index contributed by atoms with van der Waals surface area (Å²) in [4.78, 5) is 36.4. The van der Waals surface area contributed by atoms with Gasteiger partial charge in [-0.25, -0.2) is 9.59 Å². The molecule has 0 unspecified atom stereocenters. The standard InChI is InChI=1S/C19H22N2O6S/c1-11-15(18(23)25-2)17(28-16(11)19(24)26-3)21-14(22)9-6-10-27-13-8-5-4-7-12(13)20/h4-5,7-8H,6,9-10,20H2,1-3H3,(H,21,22). The first-order valence-electron chi connectivity index (χ1n) is 8.46. The summed E-state index contributed by atoms with van der Waals surface area (Å²) in [5.41, 5.74) is 6.87. The molecule has 9 heteroatoms. The molecule has 28 heavy (non-hydrogen) atoms. The number of hydrogen-bond acceptors (Lipinski definition) is 8. The van der Waals surface area contributed by atoms with Gasteiger partial charge in [0.25, 0.3) is 0 Å². The summed E-state index contributed by atoms with van der Waals surface area (Å²) in [5.74, 6) is -0.968. The molecule has 150 valence electrons. The van der Waals surface area contributed by atoms with Gasteiger partial charge in [0.2, 0.25) is 5.91 Å². The highest BCUT2D eigenvalue weighted by Gasteiger charge is 2.26. The number of thiophene rings is 1. The topological polar surface area (TPSA) is 117 Å². The van der Waals surface area contributed by atoms with Crippen LogP contribution in [-0.4, -0.2) is 38.7 Å². The molecule has 0 saturated heterocycles. The smallest absolute Gasteiger partial charge is 0.348 e. The number of amides is 1. The van der Waals surface area contributed by atoms with E-state index in [1.54, 1.807) is 25.1 Å². The highest BCUT2D eigenvalue weighted by Crippen LogP contribution is 2.34. The number of nitrogen functional groups attached to an aromatic ring is 1. The molecule has 1 aromatic carbocycles. The second kappa shape index (κ2) is 9.75. The van der Waals surface area contributed by atoms with Crippen LogP contribution in [-0.2, 0) is 14.3 Å². The van der Waals surface area contributed by atoms with Crippen LogP contribution >= 0.6 is 11.3 Å². The van der Waals surface area contributed by atoms with Crippen molar-refractivity contribution in [1.29, 1.82) is 0 Å². The highest BCUT2D eigenvalue weighted by molar-refractivity contribution is 7.18. The van der Waals surface area contributed by atoms with Gasteiger partial charge in [0.1, 0.15) is 15.6 Å². The predicted octanol–water partition coefficient (Wildman–Crippen LogP) is 3.01. The van der Waals surface area contributed by atoms with E-state index in [1.165, 1.54) is 14.2 Å². The first-order chi connectivity index (χ1) is 13.4. The van der Waals surface area contributed by atoms with Crippen LogP contribution in [0.15, 0.2) is 24.3 Å². The van der Waals surface area contributed by atoms with E-state index in [1.807, 2.05) is 6.07 Å². The Kier molecular flexibility index (Phi) is 7.39. The molecule has 0 fully saturated rings. The van der Waals surface area contributed by atoms with Gasteiger partial charge in [0.05, 0.1) is 32.1 Å². The maximum Gasteiger partial charge on any atom is 0.348 e. The Balaban J connectivity index is 1.99. The fourth-order valence-corrected chi connectivity index (χ4v) is 3.58. The van der Waals surface area contributed by atoms with Crippen molar-refractivity contribution in [1.82, 2.24) is 0 Å². The summed E-state index contributed by atoms with van der Waals surface area (Å²) in [7, 11) is 2.48. The number of esters is 2. The molecular weight excluding hydrogens is 384 g/mol. The zero-order valence-electron chi connectivity index (χ0n) is 15.9. The van der Waals surface area contributed by atoms with E-state index in [4.69, 9.17) is 19.9 Å². The van der Waals surface area contributed by atoms with E-state index in [2.05, 4.69) is 5.32 Å². The minimum absolute atomic E-state index is 0.148. The summed E-state index contributed by atoms with van der Waals surface area (Å²) in [5, 5.41) is 2.92. The molecule has 0 saturated carbocycles. The molecule has 0 aliphatic rings. The number of rotatable bonds is 8. The fourth-order valence-electron chi connectivity index (χ4n) is 2.45. The third-order valence-electron chi connectivity index (χ3n) is 3.88. The number of methoxy groups -OCH3 is 2. The average molecular weight is 406 g/mol. The number of hydrogen-bond donors (Lipinski definition) is 2. The Labute approximate surface area is 166 Å². The lowest BCUT2D eigenvalue weighted by Gasteiger charge is -2.09. The third kappa shape index (κ3) is 5.01. The summed E-state index contributed by atoms with van der Waals surface area (Å²) in [6, 6.07) is 7.10. The molecule has 0 aliphatic heterocycles. The van der Waals surface area contributed by atoms with Crippen LogP contribution in [0.25, 0.3) is 0 Å². The van der Waals surface area contributed by atoms with Crippen LogP contribution < -0.4 is 15.8 Å². The van der Waals surface area contributed by atoms with Crippen LogP contribution in [0.3, 0.4) is 0 Å². The van der Waals surface area contributed by atoms with Crippen molar-refractivity contribution in [2.75, 3.05) is 31.9 Å². The Morgan fingerprint density at radius 1 is 1.11 bits per heavy atom. The first kappa shape index (κ1) is 21.2. The summed E-state index contributed by atoms with van der Waals surface area (Å²) in [6.07, 6.45) is 0.611. The fraction of sp³-hybridized carbons (Fsp3) is 0.316. The van der Waals surface area contributed by atoms with E-state index < -0.39 is 11.9 Å². The Morgan fingerprint density at radius 2 is 1.79 bits per heavy atom. The van der Waals surface area contributed by atoms with E-state index in [0.717, 1.165) is 11.3 Å². The normalized spacial score (nSPS) is 10.2. The Morgan fingerprint density at radius 3 is 2.43 bits per heavy atom. The van der Waals surface area contributed by atoms with Crippen molar-refractivity contribution >= 4 is 39.9 Å². The number of nitrogens with one attached hydrogen (secondary N) is 1. The van der Waals surface area contributed by atoms with E-state index in [0.29, 0.717) is 30.0 Å². The minimum Gasteiger partial charge on any atom is -0.491 e. The van der Waals surface area contributed by atoms with Crippen molar-refractivity contribution in [3.8, 4) is 5.75 Å². The Hall–Kier alpha value is -3.07. The lowest BCUT2D eigenvalue weighted by Crippen LogP contribution is -2.15. The summed E-state index contributed by atoms with van der Waals surface area (Å²) >= 11 is 0.974. The van der Waals surface area contributed by atoms with E-state index >= 15 is 0 Å². The molecule has 2 rings (SSSR count).